The molecule has 2 saturated heterocycles. The summed E-state index contributed by atoms with van der Waals surface area (Å²) in [5, 5.41) is 13.7. The third-order valence-corrected chi connectivity index (χ3v) is 4.70. The molecule has 0 bridgehead atoms. The van der Waals surface area contributed by atoms with E-state index in [1.165, 1.54) is 0 Å². The molecule has 0 spiro atoms. The predicted molar refractivity (Wildman–Crippen MR) is 89.0 cm³/mol. The molecule has 1 amide bonds. The molecule has 5 heteroatoms. The van der Waals surface area contributed by atoms with Crippen molar-refractivity contribution in [2.75, 3.05) is 13.1 Å². The van der Waals surface area contributed by atoms with Crippen molar-refractivity contribution < 1.29 is 9.90 Å². The van der Waals surface area contributed by atoms with E-state index >= 15 is 0 Å². The van der Waals surface area contributed by atoms with Gasteiger partial charge in [0, 0.05) is 12.6 Å². The van der Waals surface area contributed by atoms with Gasteiger partial charge in [-0.2, -0.15) is 0 Å². The summed E-state index contributed by atoms with van der Waals surface area (Å²) in [6, 6.07) is 9.91. The Labute approximate surface area is 138 Å². The average molecular weight is 325 g/mol. The predicted octanol–water partition coefficient (Wildman–Crippen LogP) is 2.27. The average Bonchev–Trinajstić information content (AvgIpc) is 3.19. The highest BCUT2D eigenvalue weighted by atomic mass is 35.5. The van der Waals surface area contributed by atoms with Gasteiger partial charge in [0.15, 0.2) is 0 Å². The van der Waals surface area contributed by atoms with Crippen molar-refractivity contribution in [3.8, 4) is 0 Å². The van der Waals surface area contributed by atoms with E-state index in [0.29, 0.717) is 6.42 Å². The van der Waals surface area contributed by atoms with Crippen molar-refractivity contribution in [1.29, 1.82) is 0 Å². The molecule has 4 nitrogen and oxygen atoms in total. The van der Waals surface area contributed by atoms with Crippen molar-refractivity contribution in [3.05, 3.63) is 35.9 Å². The fourth-order valence-corrected chi connectivity index (χ4v) is 3.54. The van der Waals surface area contributed by atoms with Crippen molar-refractivity contribution in [2.24, 2.45) is 0 Å². The van der Waals surface area contributed by atoms with Crippen molar-refractivity contribution in [1.82, 2.24) is 10.2 Å². The minimum absolute atomic E-state index is 0. The summed E-state index contributed by atoms with van der Waals surface area (Å²) >= 11 is 0. The standard InChI is InChI=1S/C17H24N2O2.ClH/c20-16(13-6-2-1-3-7-13)12-14-8-5-11-19(14)17(21)15-9-4-10-18-15;/h1-3,6-7,14-16,18,20H,4-5,8-12H2;1H. The lowest BCUT2D eigenvalue weighted by molar-refractivity contribution is -0.134. The van der Waals surface area contributed by atoms with E-state index in [1.807, 2.05) is 35.2 Å². The molecule has 0 aliphatic carbocycles. The smallest absolute Gasteiger partial charge is 0.239 e. The van der Waals surface area contributed by atoms with E-state index in [1.54, 1.807) is 0 Å². The number of nitrogens with zero attached hydrogens (tertiary/aromatic N) is 1. The van der Waals surface area contributed by atoms with E-state index in [4.69, 9.17) is 0 Å². The molecule has 3 unspecified atom stereocenters. The molecule has 2 fully saturated rings. The second-order valence-corrected chi connectivity index (χ2v) is 6.14. The normalized spacial score (nSPS) is 25.8. The van der Waals surface area contributed by atoms with Gasteiger partial charge in [-0.05, 0) is 44.2 Å². The third-order valence-electron chi connectivity index (χ3n) is 4.70. The van der Waals surface area contributed by atoms with Crippen LogP contribution < -0.4 is 5.32 Å². The SMILES string of the molecule is Cl.O=C(C1CCCN1)N1CCCC1CC(O)c1ccccc1. The van der Waals surface area contributed by atoms with Crippen LogP contribution in [0.2, 0.25) is 0 Å². The Bertz CT molecular complexity index is 477. The van der Waals surface area contributed by atoms with Crippen LogP contribution in [0, 0.1) is 0 Å². The quantitative estimate of drug-likeness (QED) is 0.893. The molecule has 0 aromatic heterocycles. The van der Waals surface area contributed by atoms with E-state index < -0.39 is 6.10 Å². The van der Waals surface area contributed by atoms with Gasteiger partial charge < -0.3 is 15.3 Å². The van der Waals surface area contributed by atoms with Gasteiger partial charge in [0.2, 0.25) is 5.91 Å². The van der Waals surface area contributed by atoms with Crippen LogP contribution >= 0.6 is 12.4 Å². The maximum atomic E-state index is 12.6. The molecule has 2 heterocycles. The monoisotopic (exact) mass is 324 g/mol. The molecule has 0 radical (unpaired) electrons. The van der Waals surface area contributed by atoms with Gasteiger partial charge >= 0.3 is 0 Å². The lowest BCUT2D eigenvalue weighted by Crippen LogP contribution is -2.46. The maximum absolute atomic E-state index is 12.6. The molecule has 3 rings (SSSR count). The zero-order valence-corrected chi connectivity index (χ0v) is 13.6. The first kappa shape index (κ1) is 17.3. The summed E-state index contributed by atoms with van der Waals surface area (Å²) in [5.74, 6) is 0.232. The summed E-state index contributed by atoms with van der Waals surface area (Å²) in [6.07, 6.45) is 4.24. The van der Waals surface area contributed by atoms with Crippen LogP contribution in [-0.2, 0) is 4.79 Å². The first-order valence-electron chi connectivity index (χ1n) is 8.02. The fourth-order valence-electron chi connectivity index (χ4n) is 3.54. The first-order valence-corrected chi connectivity index (χ1v) is 8.02. The van der Waals surface area contributed by atoms with Gasteiger partial charge in [-0.15, -0.1) is 12.4 Å². The Morgan fingerprint density at radius 3 is 2.73 bits per heavy atom. The minimum Gasteiger partial charge on any atom is -0.388 e. The summed E-state index contributed by atoms with van der Waals surface area (Å²) in [7, 11) is 0. The number of carbonyl (C=O) groups excluding carboxylic acids is 1. The molecule has 122 valence electrons. The van der Waals surface area contributed by atoms with Gasteiger partial charge in [-0.3, -0.25) is 4.79 Å². The Morgan fingerprint density at radius 1 is 1.27 bits per heavy atom. The second kappa shape index (κ2) is 7.95. The van der Waals surface area contributed by atoms with Crippen LogP contribution in [0.1, 0.15) is 43.8 Å². The number of likely N-dealkylation sites (tertiary alicyclic amines) is 1. The topological polar surface area (TPSA) is 52.6 Å². The van der Waals surface area contributed by atoms with Gasteiger partial charge in [0.25, 0.3) is 0 Å². The number of nitrogens with one attached hydrogen (secondary N) is 1. The zero-order valence-electron chi connectivity index (χ0n) is 12.8. The van der Waals surface area contributed by atoms with Crippen molar-refractivity contribution >= 4 is 18.3 Å². The molecule has 2 aliphatic rings. The summed E-state index contributed by atoms with van der Waals surface area (Å²) in [4.78, 5) is 14.6. The van der Waals surface area contributed by atoms with Crippen LogP contribution in [0.3, 0.4) is 0 Å². The Hall–Kier alpha value is -1.10. The lowest BCUT2D eigenvalue weighted by atomic mass is 10.00. The van der Waals surface area contributed by atoms with Crippen molar-refractivity contribution in [3.63, 3.8) is 0 Å². The van der Waals surface area contributed by atoms with E-state index in [0.717, 1.165) is 44.3 Å². The third kappa shape index (κ3) is 3.80. The molecule has 2 N–H and O–H groups in total. The van der Waals surface area contributed by atoms with Crippen LogP contribution in [0.5, 0.6) is 0 Å². The maximum Gasteiger partial charge on any atom is 0.239 e. The minimum atomic E-state index is -0.485. The van der Waals surface area contributed by atoms with E-state index in [2.05, 4.69) is 5.32 Å². The molecule has 1 aromatic carbocycles. The number of aliphatic hydroxyl groups excluding tert-OH is 1. The number of benzene rings is 1. The Balaban J connectivity index is 0.00000176. The first-order chi connectivity index (χ1) is 10.3. The van der Waals surface area contributed by atoms with Gasteiger partial charge in [-0.25, -0.2) is 0 Å². The number of hydrogen-bond donors (Lipinski definition) is 2. The summed E-state index contributed by atoms with van der Waals surface area (Å²) < 4.78 is 0. The zero-order chi connectivity index (χ0) is 14.7. The molecule has 2 aliphatic heterocycles. The van der Waals surface area contributed by atoms with Crippen LogP contribution in [0.15, 0.2) is 30.3 Å². The molecule has 0 saturated carbocycles. The number of rotatable bonds is 4. The lowest BCUT2D eigenvalue weighted by Gasteiger charge is -2.29. The van der Waals surface area contributed by atoms with Crippen molar-refractivity contribution in [2.45, 2.75) is 50.3 Å². The molecule has 3 atom stereocenters. The summed E-state index contributed by atoms with van der Waals surface area (Å²) in [6.45, 7) is 1.78. The molecule has 1 aromatic rings. The molecular weight excluding hydrogens is 300 g/mol. The largest absolute Gasteiger partial charge is 0.388 e. The molecule has 22 heavy (non-hydrogen) atoms. The van der Waals surface area contributed by atoms with E-state index in [9.17, 15) is 9.90 Å². The van der Waals surface area contributed by atoms with Gasteiger partial charge in [0.1, 0.15) is 0 Å². The Morgan fingerprint density at radius 2 is 2.05 bits per heavy atom. The highest BCUT2D eigenvalue weighted by molar-refractivity contribution is 5.85. The number of hydrogen-bond acceptors (Lipinski definition) is 3. The highest BCUT2D eigenvalue weighted by Crippen LogP contribution is 2.28. The molecular formula is C17H25ClN2O2. The Kier molecular flexibility index (Phi) is 6.24. The summed E-state index contributed by atoms with van der Waals surface area (Å²) in [5.41, 5.74) is 0.941. The van der Waals surface area contributed by atoms with Gasteiger partial charge in [-0.1, -0.05) is 30.3 Å². The highest BCUT2D eigenvalue weighted by Gasteiger charge is 2.35. The number of amides is 1. The second-order valence-electron chi connectivity index (χ2n) is 6.14. The van der Waals surface area contributed by atoms with Crippen LogP contribution in [0.4, 0.5) is 0 Å². The van der Waals surface area contributed by atoms with Gasteiger partial charge in [0.05, 0.1) is 12.1 Å². The number of carbonyl (C=O) groups is 1. The van der Waals surface area contributed by atoms with Crippen LogP contribution in [-0.4, -0.2) is 41.1 Å². The fraction of sp³-hybridized carbons (Fsp3) is 0.588. The van der Waals surface area contributed by atoms with E-state index in [-0.39, 0.29) is 30.4 Å². The number of aliphatic hydroxyl groups is 1. The van der Waals surface area contributed by atoms with Crippen LogP contribution in [0.25, 0.3) is 0 Å². The number of halogens is 1.